The van der Waals surface area contributed by atoms with E-state index in [1.165, 1.54) is 13.8 Å². The van der Waals surface area contributed by atoms with Gasteiger partial charge >= 0.3 is 11.9 Å². The van der Waals surface area contributed by atoms with Gasteiger partial charge in [0.25, 0.3) is 0 Å². The summed E-state index contributed by atoms with van der Waals surface area (Å²) in [6.07, 6.45) is -2.47. The second-order valence-electron chi connectivity index (χ2n) is 4.04. The van der Waals surface area contributed by atoms with Gasteiger partial charge < -0.3 is 24.1 Å². The van der Waals surface area contributed by atoms with Crippen molar-refractivity contribution >= 4 is 11.9 Å². The largest absolute Gasteiger partial charge is 0.455 e. The van der Waals surface area contributed by atoms with Gasteiger partial charge in [-0.2, -0.15) is 0 Å². The zero-order chi connectivity index (χ0) is 14.4. The van der Waals surface area contributed by atoms with Crippen LogP contribution in [-0.2, 0) is 28.5 Å². The van der Waals surface area contributed by atoms with Gasteiger partial charge in [-0.05, 0) is 0 Å². The molecule has 0 aromatic rings. The van der Waals surface area contributed by atoms with E-state index in [0.717, 1.165) is 0 Å². The van der Waals surface area contributed by atoms with E-state index in [2.05, 4.69) is 6.58 Å². The molecule has 0 saturated carbocycles. The molecular formula is C12H18O7. The van der Waals surface area contributed by atoms with E-state index in [-0.39, 0.29) is 6.61 Å². The highest BCUT2D eigenvalue weighted by molar-refractivity contribution is 5.67. The molecule has 0 radical (unpaired) electrons. The average Bonchev–Trinajstić information content (AvgIpc) is 2.57. The normalized spacial score (nSPS) is 29.8. The van der Waals surface area contributed by atoms with E-state index in [4.69, 9.17) is 18.9 Å². The van der Waals surface area contributed by atoms with Gasteiger partial charge in [-0.1, -0.05) is 6.08 Å². The summed E-state index contributed by atoms with van der Waals surface area (Å²) in [4.78, 5) is 22.0. The van der Waals surface area contributed by atoms with Crippen molar-refractivity contribution in [3.63, 3.8) is 0 Å². The third-order valence-electron chi connectivity index (χ3n) is 2.41. The minimum absolute atomic E-state index is 0.0821. The van der Waals surface area contributed by atoms with Crippen LogP contribution in [0.5, 0.6) is 0 Å². The quantitative estimate of drug-likeness (QED) is 0.406. The van der Waals surface area contributed by atoms with Crippen LogP contribution in [0.1, 0.15) is 13.8 Å². The van der Waals surface area contributed by atoms with E-state index in [1.807, 2.05) is 0 Å². The number of ether oxygens (including phenoxy) is 4. The molecule has 0 bridgehead atoms. The molecule has 19 heavy (non-hydrogen) atoms. The molecule has 1 N–H and O–H groups in total. The third-order valence-corrected chi connectivity index (χ3v) is 2.41. The molecule has 1 unspecified atom stereocenters. The van der Waals surface area contributed by atoms with E-state index >= 15 is 0 Å². The van der Waals surface area contributed by atoms with E-state index in [1.54, 1.807) is 6.08 Å². The fourth-order valence-corrected chi connectivity index (χ4v) is 1.76. The van der Waals surface area contributed by atoms with Crippen LogP contribution in [0, 0.1) is 0 Å². The lowest BCUT2D eigenvalue weighted by Gasteiger charge is -2.22. The van der Waals surface area contributed by atoms with Crippen LogP contribution >= 0.6 is 0 Å². The predicted molar refractivity (Wildman–Crippen MR) is 63.0 cm³/mol. The van der Waals surface area contributed by atoms with Gasteiger partial charge in [0.15, 0.2) is 18.5 Å². The lowest BCUT2D eigenvalue weighted by atomic mass is 10.1. The zero-order valence-corrected chi connectivity index (χ0v) is 10.9. The SMILES string of the molecule is C=CCOC[C@H]1OC(O)[C@H](OC(C)=O)[C@@H]1OC(C)=O. The van der Waals surface area contributed by atoms with Crippen molar-refractivity contribution in [3.05, 3.63) is 12.7 Å². The van der Waals surface area contributed by atoms with Crippen molar-refractivity contribution < 1.29 is 33.6 Å². The van der Waals surface area contributed by atoms with Crippen LogP contribution in [0.2, 0.25) is 0 Å². The number of rotatable bonds is 6. The van der Waals surface area contributed by atoms with Crippen molar-refractivity contribution in [2.75, 3.05) is 13.2 Å². The lowest BCUT2D eigenvalue weighted by molar-refractivity contribution is -0.174. The lowest BCUT2D eigenvalue weighted by Crippen LogP contribution is -2.41. The fourth-order valence-electron chi connectivity index (χ4n) is 1.76. The Morgan fingerprint density at radius 2 is 1.84 bits per heavy atom. The summed E-state index contributed by atoms with van der Waals surface area (Å²) in [5.74, 6) is -1.16. The summed E-state index contributed by atoms with van der Waals surface area (Å²) >= 11 is 0. The van der Waals surface area contributed by atoms with Crippen LogP contribution in [0.3, 0.4) is 0 Å². The van der Waals surface area contributed by atoms with Gasteiger partial charge in [0.1, 0.15) is 6.10 Å². The number of aliphatic hydroxyl groups excluding tert-OH is 1. The van der Waals surface area contributed by atoms with E-state index in [9.17, 15) is 14.7 Å². The van der Waals surface area contributed by atoms with Crippen LogP contribution in [0.4, 0.5) is 0 Å². The molecule has 108 valence electrons. The Bertz CT molecular complexity index is 341. The Balaban J connectivity index is 2.70. The Hall–Kier alpha value is -1.44. The maximum absolute atomic E-state index is 11.1. The number of carbonyl (C=O) groups is 2. The summed E-state index contributed by atoms with van der Waals surface area (Å²) in [5.41, 5.74) is 0. The van der Waals surface area contributed by atoms with Gasteiger partial charge in [0, 0.05) is 13.8 Å². The highest BCUT2D eigenvalue weighted by Crippen LogP contribution is 2.26. The Morgan fingerprint density at radius 3 is 2.37 bits per heavy atom. The molecule has 0 amide bonds. The molecule has 7 heteroatoms. The maximum Gasteiger partial charge on any atom is 0.303 e. The second kappa shape index (κ2) is 7.22. The number of aliphatic hydroxyl groups is 1. The first kappa shape index (κ1) is 15.6. The number of hydrogen-bond acceptors (Lipinski definition) is 7. The van der Waals surface area contributed by atoms with Crippen LogP contribution in [-0.4, -0.2) is 54.9 Å². The van der Waals surface area contributed by atoms with Crippen molar-refractivity contribution in [3.8, 4) is 0 Å². The minimum atomic E-state index is -1.36. The highest BCUT2D eigenvalue weighted by Gasteiger charge is 2.48. The van der Waals surface area contributed by atoms with E-state index in [0.29, 0.717) is 6.61 Å². The molecule has 7 nitrogen and oxygen atoms in total. The first-order chi connectivity index (χ1) is 8.95. The van der Waals surface area contributed by atoms with Gasteiger partial charge in [0.05, 0.1) is 13.2 Å². The van der Waals surface area contributed by atoms with Gasteiger partial charge in [-0.25, -0.2) is 0 Å². The number of hydrogen-bond donors (Lipinski definition) is 1. The Morgan fingerprint density at radius 1 is 1.26 bits per heavy atom. The molecule has 1 heterocycles. The summed E-state index contributed by atoms with van der Waals surface area (Å²) in [5, 5.41) is 9.68. The van der Waals surface area contributed by atoms with Gasteiger partial charge in [-0.3, -0.25) is 9.59 Å². The average molecular weight is 274 g/mol. The Kier molecular flexibility index (Phi) is 5.94. The van der Waals surface area contributed by atoms with Crippen LogP contribution in [0.25, 0.3) is 0 Å². The first-order valence-electron chi connectivity index (χ1n) is 5.82. The molecular weight excluding hydrogens is 256 g/mol. The molecule has 0 aromatic carbocycles. The summed E-state index contributed by atoms with van der Waals surface area (Å²) in [7, 11) is 0. The summed E-state index contributed by atoms with van der Waals surface area (Å²) in [6.45, 7) is 6.28. The predicted octanol–water partition coefficient (Wildman–Crippen LogP) is -0.230. The summed E-state index contributed by atoms with van der Waals surface area (Å²) in [6, 6.07) is 0. The molecule has 1 aliphatic rings. The maximum atomic E-state index is 11.1. The molecule has 1 saturated heterocycles. The number of carbonyl (C=O) groups excluding carboxylic acids is 2. The van der Waals surface area contributed by atoms with Crippen molar-refractivity contribution in [1.29, 1.82) is 0 Å². The van der Waals surface area contributed by atoms with Crippen LogP contribution in [0.15, 0.2) is 12.7 Å². The minimum Gasteiger partial charge on any atom is -0.455 e. The highest BCUT2D eigenvalue weighted by atomic mass is 16.7. The van der Waals surface area contributed by atoms with Gasteiger partial charge in [0.2, 0.25) is 0 Å². The molecule has 4 atom stereocenters. The monoisotopic (exact) mass is 274 g/mol. The van der Waals surface area contributed by atoms with Gasteiger partial charge in [-0.15, -0.1) is 6.58 Å². The second-order valence-corrected chi connectivity index (χ2v) is 4.04. The smallest absolute Gasteiger partial charge is 0.303 e. The van der Waals surface area contributed by atoms with Crippen molar-refractivity contribution in [2.24, 2.45) is 0 Å². The van der Waals surface area contributed by atoms with E-state index < -0.39 is 36.5 Å². The molecule has 1 fully saturated rings. The topological polar surface area (TPSA) is 91.3 Å². The number of esters is 2. The molecule has 1 rings (SSSR count). The zero-order valence-electron chi connectivity index (χ0n) is 10.9. The van der Waals surface area contributed by atoms with Crippen molar-refractivity contribution in [1.82, 2.24) is 0 Å². The molecule has 1 aliphatic heterocycles. The third kappa shape index (κ3) is 4.62. The first-order valence-corrected chi connectivity index (χ1v) is 5.82. The molecule has 0 aromatic heterocycles. The fraction of sp³-hybridized carbons (Fsp3) is 0.667. The standard InChI is InChI=1S/C12H18O7/c1-4-5-16-6-9-10(17-7(2)13)11(12(15)19-9)18-8(3)14/h4,9-12,15H,1,5-6H2,2-3H3/t9-,10-,11-,12?/m1/s1. The Labute approximate surface area is 111 Å². The van der Waals surface area contributed by atoms with Crippen molar-refractivity contribution in [2.45, 2.75) is 38.4 Å². The summed E-state index contributed by atoms with van der Waals surface area (Å²) < 4.78 is 20.3. The molecule has 0 spiro atoms. The van der Waals surface area contributed by atoms with Crippen LogP contribution < -0.4 is 0 Å². The molecule has 0 aliphatic carbocycles.